The van der Waals surface area contributed by atoms with E-state index in [0.717, 1.165) is 10.0 Å². The van der Waals surface area contributed by atoms with Crippen LogP contribution in [0.25, 0.3) is 0 Å². The van der Waals surface area contributed by atoms with Gasteiger partial charge in [-0.05, 0) is 61.1 Å². The van der Waals surface area contributed by atoms with Gasteiger partial charge < -0.3 is 14.2 Å². The fourth-order valence-corrected chi connectivity index (χ4v) is 3.01. The number of nitrogens with one attached hydrogen (secondary N) is 3. The molecule has 2 aromatic carbocycles. The third-order valence-electron chi connectivity index (χ3n) is 3.77. The van der Waals surface area contributed by atoms with Crippen molar-refractivity contribution in [3.8, 4) is 11.5 Å². The van der Waals surface area contributed by atoms with Crippen LogP contribution in [0.4, 0.5) is 0 Å². The molecule has 11 heteroatoms. The molecule has 2 rings (SSSR count). The van der Waals surface area contributed by atoms with E-state index >= 15 is 0 Å². The molecule has 0 saturated carbocycles. The molecule has 0 unspecified atom stereocenters. The van der Waals surface area contributed by atoms with Crippen LogP contribution in [-0.4, -0.2) is 43.9 Å². The van der Waals surface area contributed by atoms with Gasteiger partial charge in [0.05, 0.1) is 12.2 Å². The Morgan fingerprint density at radius 3 is 2.52 bits per heavy atom. The number of hydrazine groups is 1. The molecule has 2 aromatic rings. The fraction of sp³-hybridized carbons (Fsp3) is 0.250. The third kappa shape index (κ3) is 8.44. The Bertz CT molecular complexity index is 958. The molecule has 166 valence electrons. The summed E-state index contributed by atoms with van der Waals surface area (Å²) in [5.41, 5.74) is 6.09. The summed E-state index contributed by atoms with van der Waals surface area (Å²) in [5.74, 6) is -0.0320. The lowest BCUT2D eigenvalue weighted by molar-refractivity contribution is -0.123. The van der Waals surface area contributed by atoms with E-state index in [1.165, 1.54) is 0 Å². The molecule has 0 aliphatic heterocycles. The number of hydrogen-bond donors (Lipinski definition) is 3. The molecule has 8 nitrogen and oxygen atoms in total. The molecule has 0 atom stereocenters. The number of carbonyl (C=O) groups excluding carboxylic acids is 2. The number of hydrogen-bond acceptors (Lipinski definition) is 6. The summed E-state index contributed by atoms with van der Waals surface area (Å²) in [5, 5.41) is 2.40. The first-order chi connectivity index (χ1) is 14.8. The highest BCUT2D eigenvalue weighted by Gasteiger charge is 2.15. The number of aryl methyl sites for hydroxylation is 1. The van der Waals surface area contributed by atoms with E-state index in [-0.39, 0.29) is 23.9 Å². The molecule has 0 aliphatic rings. The van der Waals surface area contributed by atoms with Gasteiger partial charge in [-0.25, -0.2) is 0 Å². The topological polar surface area (TPSA) is 97.9 Å². The number of halogens is 2. The largest absolute Gasteiger partial charge is 0.490 e. The van der Waals surface area contributed by atoms with Gasteiger partial charge in [0.15, 0.2) is 11.7 Å². The number of amides is 2. The Morgan fingerprint density at radius 2 is 1.81 bits per heavy atom. The van der Waals surface area contributed by atoms with Crippen LogP contribution in [0.5, 0.6) is 11.5 Å². The van der Waals surface area contributed by atoms with Crippen molar-refractivity contribution in [3.63, 3.8) is 0 Å². The molecule has 0 spiro atoms. The molecule has 0 saturated heterocycles. The van der Waals surface area contributed by atoms with E-state index in [4.69, 9.17) is 26.4 Å². The predicted molar refractivity (Wildman–Crippen MR) is 127 cm³/mol. The van der Waals surface area contributed by atoms with Crippen LogP contribution in [0.2, 0.25) is 0 Å². The Labute approximate surface area is 202 Å². The Balaban J connectivity index is 1.83. The summed E-state index contributed by atoms with van der Waals surface area (Å²) in [6, 6.07) is 10.4. The van der Waals surface area contributed by atoms with Crippen LogP contribution in [0.1, 0.15) is 15.9 Å². The maximum atomic E-state index is 12.6. The van der Waals surface area contributed by atoms with E-state index in [2.05, 4.69) is 48.0 Å². The molecule has 0 heterocycles. The van der Waals surface area contributed by atoms with Gasteiger partial charge in [0.2, 0.25) is 0 Å². The average molecular weight is 575 g/mol. The summed E-state index contributed by atoms with van der Waals surface area (Å²) in [4.78, 5) is 24.5. The van der Waals surface area contributed by atoms with Gasteiger partial charge in [0.25, 0.3) is 11.8 Å². The monoisotopic (exact) mass is 573 g/mol. The van der Waals surface area contributed by atoms with Gasteiger partial charge in [-0.3, -0.25) is 25.8 Å². The van der Waals surface area contributed by atoms with Crippen molar-refractivity contribution < 1.29 is 23.8 Å². The van der Waals surface area contributed by atoms with E-state index in [1.54, 1.807) is 37.4 Å². The maximum Gasteiger partial charge on any atom is 0.276 e. The fourth-order valence-electron chi connectivity index (χ4n) is 2.26. The molecular formula is C20H21Br2N3O5S. The van der Waals surface area contributed by atoms with Crippen molar-refractivity contribution in [2.45, 2.75) is 6.92 Å². The third-order valence-corrected chi connectivity index (χ3v) is 5.36. The molecule has 3 N–H and O–H groups in total. The standard InChI is InChI=1S/C20H21Br2N3O5S/c1-12-9-14(4-5-16(12)22)30-11-18(26)24-25-20(31)23-19(27)15-10-13(21)3-6-17(15)29-8-7-28-2/h3-6,9-10H,7-8,11H2,1-2H3,(H,24,26)(H2,23,25,27,31). The smallest absolute Gasteiger partial charge is 0.276 e. The lowest BCUT2D eigenvalue weighted by Crippen LogP contribution is -2.49. The lowest BCUT2D eigenvalue weighted by atomic mass is 10.2. The highest BCUT2D eigenvalue weighted by molar-refractivity contribution is 9.10. The second-order valence-corrected chi connectivity index (χ2v) is 8.32. The summed E-state index contributed by atoms with van der Waals surface area (Å²) in [6.07, 6.45) is 0. The van der Waals surface area contributed by atoms with E-state index in [1.807, 2.05) is 13.0 Å². The van der Waals surface area contributed by atoms with Gasteiger partial charge in [-0.2, -0.15) is 0 Å². The predicted octanol–water partition coefficient (Wildman–Crippen LogP) is 3.26. The zero-order chi connectivity index (χ0) is 22.8. The number of thiocarbonyl (C=S) groups is 1. The highest BCUT2D eigenvalue weighted by Crippen LogP contribution is 2.23. The molecule has 0 fully saturated rings. The minimum atomic E-state index is -0.498. The van der Waals surface area contributed by atoms with Gasteiger partial charge in [0.1, 0.15) is 18.1 Å². The number of rotatable bonds is 8. The van der Waals surface area contributed by atoms with Crippen molar-refractivity contribution in [2.24, 2.45) is 0 Å². The number of methoxy groups -OCH3 is 1. The maximum absolute atomic E-state index is 12.6. The normalized spacial score (nSPS) is 10.2. The molecule has 0 aliphatic carbocycles. The highest BCUT2D eigenvalue weighted by atomic mass is 79.9. The van der Waals surface area contributed by atoms with Crippen LogP contribution in [-0.2, 0) is 9.53 Å². The van der Waals surface area contributed by atoms with Crippen molar-refractivity contribution >= 4 is 61.0 Å². The first-order valence-electron chi connectivity index (χ1n) is 9.00. The summed E-state index contributed by atoms with van der Waals surface area (Å²) < 4.78 is 17.6. The van der Waals surface area contributed by atoms with Gasteiger partial charge in [-0.15, -0.1) is 0 Å². The van der Waals surface area contributed by atoms with E-state index in [9.17, 15) is 9.59 Å². The Morgan fingerprint density at radius 1 is 1.03 bits per heavy atom. The summed E-state index contributed by atoms with van der Waals surface area (Å²) in [7, 11) is 1.56. The zero-order valence-corrected chi connectivity index (χ0v) is 20.8. The number of ether oxygens (including phenoxy) is 3. The van der Waals surface area contributed by atoms with Crippen LogP contribution in [0.3, 0.4) is 0 Å². The van der Waals surface area contributed by atoms with Gasteiger partial charge in [-0.1, -0.05) is 31.9 Å². The van der Waals surface area contributed by atoms with Crippen LogP contribution < -0.4 is 25.6 Å². The lowest BCUT2D eigenvalue weighted by Gasteiger charge is -2.14. The first-order valence-corrected chi connectivity index (χ1v) is 11.0. The average Bonchev–Trinajstić information content (AvgIpc) is 2.74. The van der Waals surface area contributed by atoms with Crippen LogP contribution in [0.15, 0.2) is 45.3 Å². The van der Waals surface area contributed by atoms with E-state index < -0.39 is 11.8 Å². The SMILES string of the molecule is COCCOc1ccc(Br)cc1C(=O)NC(=S)NNC(=O)COc1ccc(Br)c(C)c1. The minimum Gasteiger partial charge on any atom is -0.490 e. The van der Waals surface area contributed by atoms with Crippen molar-refractivity contribution in [2.75, 3.05) is 26.9 Å². The minimum absolute atomic E-state index is 0.0827. The first kappa shape index (κ1) is 25.1. The summed E-state index contributed by atoms with van der Waals surface area (Å²) >= 11 is 11.8. The van der Waals surface area contributed by atoms with Crippen LogP contribution in [0, 0.1) is 6.92 Å². The second kappa shape index (κ2) is 12.6. The van der Waals surface area contributed by atoms with Crippen molar-refractivity contribution in [1.82, 2.24) is 16.2 Å². The number of carbonyl (C=O) groups is 2. The Hall–Kier alpha value is -2.21. The summed E-state index contributed by atoms with van der Waals surface area (Å²) in [6.45, 7) is 2.35. The zero-order valence-electron chi connectivity index (χ0n) is 16.8. The van der Waals surface area contributed by atoms with Crippen LogP contribution >= 0.6 is 44.1 Å². The molecule has 31 heavy (non-hydrogen) atoms. The van der Waals surface area contributed by atoms with E-state index in [0.29, 0.717) is 22.6 Å². The molecule has 2 amide bonds. The molecule has 0 aromatic heterocycles. The number of benzene rings is 2. The van der Waals surface area contributed by atoms with Crippen molar-refractivity contribution in [3.05, 3.63) is 56.5 Å². The van der Waals surface area contributed by atoms with Gasteiger partial charge in [0, 0.05) is 16.1 Å². The molecular weight excluding hydrogens is 554 g/mol. The second-order valence-electron chi connectivity index (χ2n) is 6.14. The van der Waals surface area contributed by atoms with Crippen molar-refractivity contribution in [1.29, 1.82) is 0 Å². The molecule has 0 radical (unpaired) electrons. The quantitative estimate of drug-likeness (QED) is 0.253. The Kier molecular flexibility index (Phi) is 10.2. The van der Waals surface area contributed by atoms with Gasteiger partial charge >= 0.3 is 0 Å². The molecule has 0 bridgehead atoms.